The first kappa shape index (κ1) is 26.4. The first-order chi connectivity index (χ1) is 17.4. The van der Waals surface area contributed by atoms with Crippen LogP contribution < -0.4 is 4.84 Å². The molecule has 0 saturated carbocycles. The van der Waals surface area contributed by atoms with Gasteiger partial charge in [0, 0.05) is 29.2 Å². The molecule has 1 atom stereocenters. The Morgan fingerprint density at radius 2 is 1.62 bits per heavy atom. The van der Waals surface area contributed by atoms with Crippen molar-refractivity contribution in [3.05, 3.63) is 77.6 Å². The zero-order valence-corrected chi connectivity index (χ0v) is 22.5. The lowest BCUT2D eigenvalue weighted by Gasteiger charge is -2.25. The smallest absolute Gasteiger partial charge is 0.309 e. The molecule has 194 valence electrons. The minimum atomic E-state index is -0.980. The van der Waals surface area contributed by atoms with Crippen LogP contribution in [0, 0.1) is 10.8 Å². The van der Waals surface area contributed by atoms with Gasteiger partial charge in [-0.1, -0.05) is 64.1 Å². The van der Waals surface area contributed by atoms with E-state index in [1.165, 1.54) is 0 Å². The summed E-state index contributed by atoms with van der Waals surface area (Å²) in [6.07, 6.45) is 0.746. The normalized spacial score (nSPS) is 13.1. The van der Waals surface area contributed by atoms with Gasteiger partial charge in [0.1, 0.15) is 0 Å². The molecule has 2 heterocycles. The van der Waals surface area contributed by atoms with Gasteiger partial charge >= 0.3 is 5.97 Å². The molecule has 37 heavy (non-hydrogen) atoms. The minimum absolute atomic E-state index is 0.0346. The lowest BCUT2D eigenvalue weighted by Crippen LogP contribution is -2.29. The minimum Gasteiger partial charge on any atom is -0.481 e. The van der Waals surface area contributed by atoms with E-state index in [0.717, 1.165) is 27.5 Å². The second-order valence-corrected chi connectivity index (χ2v) is 11.6. The van der Waals surface area contributed by atoms with Crippen LogP contribution in [-0.2, 0) is 11.2 Å². The van der Waals surface area contributed by atoms with Gasteiger partial charge in [-0.05, 0) is 49.9 Å². The van der Waals surface area contributed by atoms with Crippen LogP contribution in [0.5, 0.6) is 0 Å². The Labute approximate surface area is 218 Å². The topological polar surface area (TPSA) is 81.4 Å². The highest BCUT2D eigenvalue weighted by molar-refractivity contribution is 6.00. The number of ketones is 1. The maximum atomic E-state index is 13.5. The molecule has 1 unspecified atom stereocenters. The number of Topliss-reactive ketones (excluding diaryl/α,β-unsaturated/α-hetero) is 1. The van der Waals surface area contributed by atoms with Crippen molar-refractivity contribution < 1.29 is 19.5 Å². The molecule has 1 N–H and O–H groups in total. The molecule has 0 aliphatic heterocycles. The number of carbonyl (C=O) groups excluding carboxylic acids is 1. The number of nitrogens with zero attached hydrogens (tertiary/aromatic N) is 2. The summed E-state index contributed by atoms with van der Waals surface area (Å²) < 4.78 is 1.74. The van der Waals surface area contributed by atoms with Crippen molar-refractivity contribution in [2.24, 2.45) is 10.8 Å². The number of pyridine rings is 1. The average molecular weight is 501 g/mol. The van der Waals surface area contributed by atoms with E-state index in [1.807, 2.05) is 67.6 Å². The van der Waals surface area contributed by atoms with E-state index in [2.05, 4.69) is 20.8 Å². The maximum Gasteiger partial charge on any atom is 0.309 e. The molecular formula is C31H36N2O4. The summed E-state index contributed by atoms with van der Waals surface area (Å²) in [6, 6.07) is 19.5. The molecular weight excluding hydrogens is 464 g/mol. The molecule has 6 nitrogen and oxygen atoms in total. The van der Waals surface area contributed by atoms with Crippen molar-refractivity contribution in [2.45, 2.75) is 66.9 Å². The van der Waals surface area contributed by atoms with Crippen molar-refractivity contribution in [1.82, 2.24) is 9.71 Å². The number of aliphatic carboxylic acids is 1. The summed E-state index contributed by atoms with van der Waals surface area (Å²) in [6.45, 7) is 11.6. The zero-order chi connectivity index (χ0) is 27.0. The van der Waals surface area contributed by atoms with Gasteiger partial charge in [-0.3, -0.25) is 9.59 Å². The number of carboxylic acids is 1. The van der Waals surface area contributed by atoms with Gasteiger partial charge in [0.25, 0.3) is 0 Å². The fourth-order valence-electron chi connectivity index (χ4n) is 4.58. The van der Waals surface area contributed by atoms with E-state index in [4.69, 9.17) is 9.82 Å². The SMILES string of the molecule is CCC(On1c(CC(C)(C)C(=O)O)cc2ccccc21)c1nc2ccccc2cc1C(=O)CC(C)(C)C. The van der Waals surface area contributed by atoms with Crippen molar-refractivity contribution in [3.8, 4) is 0 Å². The van der Waals surface area contributed by atoms with E-state index in [9.17, 15) is 14.7 Å². The largest absolute Gasteiger partial charge is 0.481 e. The van der Waals surface area contributed by atoms with E-state index >= 15 is 0 Å². The van der Waals surface area contributed by atoms with E-state index < -0.39 is 17.5 Å². The Bertz CT molecular complexity index is 1460. The molecule has 0 bridgehead atoms. The highest BCUT2D eigenvalue weighted by Gasteiger charge is 2.31. The molecule has 0 aliphatic rings. The van der Waals surface area contributed by atoms with Gasteiger partial charge in [0.15, 0.2) is 11.9 Å². The molecule has 0 fully saturated rings. The molecule has 6 heteroatoms. The van der Waals surface area contributed by atoms with Crippen molar-refractivity contribution >= 4 is 33.6 Å². The first-order valence-electron chi connectivity index (χ1n) is 12.8. The van der Waals surface area contributed by atoms with Crippen LogP contribution in [0.25, 0.3) is 21.8 Å². The van der Waals surface area contributed by atoms with Gasteiger partial charge in [-0.2, -0.15) is 4.73 Å². The third-order valence-corrected chi connectivity index (χ3v) is 6.59. The Hall–Kier alpha value is -3.67. The Morgan fingerprint density at radius 3 is 2.27 bits per heavy atom. The summed E-state index contributed by atoms with van der Waals surface area (Å²) >= 11 is 0. The molecule has 0 amide bonds. The Morgan fingerprint density at radius 1 is 0.973 bits per heavy atom. The quantitative estimate of drug-likeness (QED) is 0.249. The fraction of sp³-hybridized carbons (Fsp3) is 0.387. The van der Waals surface area contributed by atoms with E-state index in [1.54, 1.807) is 18.6 Å². The number of aromatic nitrogens is 2. The number of carbonyl (C=O) groups is 2. The number of benzene rings is 2. The number of fused-ring (bicyclic) bond motifs is 2. The van der Waals surface area contributed by atoms with E-state index in [0.29, 0.717) is 24.1 Å². The molecule has 0 aliphatic carbocycles. The van der Waals surface area contributed by atoms with Gasteiger partial charge in [-0.15, -0.1) is 0 Å². The van der Waals surface area contributed by atoms with Crippen LogP contribution in [0.4, 0.5) is 0 Å². The van der Waals surface area contributed by atoms with Crippen LogP contribution in [0.2, 0.25) is 0 Å². The third-order valence-electron chi connectivity index (χ3n) is 6.59. The maximum absolute atomic E-state index is 13.5. The Kier molecular flexibility index (Phi) is 7.13. The van der Waals surface area contributed by atoms with Gasteiger partial charge in [-0.25, -0.2) is 4.98 Å². The highest BCUT2D eigenvalue weighted by atomic mass is 16.7. The summed E-state index contributed by atoms with van der Waals surface area (Å²) in [5.41, 5.74) is 2.44. The molecule has 0 radical (unpaired) electrons. The number of carboxylic acid groups (broad SMARTS) is 1. The monoisotopic (exact) mass is 500 g/mol. The number of hydrogen-bond donors (Lipinski definition) is 1. The van der Waals surface area contributed by atoms with Crippen molar-refractivity contribution in [1.29, 1.82) is 0 Å². The third kappa shape index (κ3) is 5.68. The summed E-state index contributed by atoms with van der Waals surface area (Å²) in [5, 5.41) is 11.6. The molecule has 4 rings (SSSR count). The van der Waals surface area contributed by atoms with Crippen LogP contribution in [0.3, 0.4) is 0 Å². The molecule has 4 aromatic rings. The summed E-state index contributed by atoms with van der Waals surface area (Å²) in [5.74, 6) is -0.838. The molecule has 2 aromatic heterocycles. The van der Waals surface area contributed by atoms with Crippen LogP contribution in [0.15, 0.2) is 60.7 Å². The molecule has 0 saturated heterocycles. The predicted molar refractivity (Wildman–Crippen MR) is 147 cm³/mol. The first-order valence-corrected chi connectivity index (χ1v) is 12.8. The van der Waals surface area contributed by atoms with Crippen molar-refractivity contribution in [3.63, 3.8) is 0 Å². The van der Waals surface area contributed by atoms with Crippen LogP contribution in [0.1, 0.15) is 82.2 Å². The van der Waals surface area contributed by atoms with Gasteiger partial charge in [0.2, 0.25) is 0 Å². The average Bonchev–Trinajstić information content (AvgIpc) is 3.16. The van der Waals surface area contributed by atoms with Crippen LogP contribution >= 0.6 is 0 Å². The predicted octanol–water partition coefficient (Wildman–Crippen LogP) is 7.04. The second kappa shape index (κ2) is 10.0. The number of rotatable bonds is 9. The number of para-hydroxylation sites is 2. The summed E-state index contributed by atoms with van der Waals surface area (Å²) in [7, 11) is 0. The standard InChI is InChI=1S/C31H36N2O4/c1-7-27(28-23(26(34)19-30(2,3)4)17-20-12-8-10-14-24(20)32-28)37-33-22(18-31(5,6)29(35)36)16-21-13-9-11-15-25(21)33/h8-17,27H,7,18-19H2,1-6H3,(H,35,36). The van der Waals surface area contributed by atoms with Crippen molar-refractivity contribution in [2.75, 3.05) is 0 Å². The lowest BCUT2D eigenvalue weighted by molar-refractivity contribution is -0.147. The highest BCUT2D eigenvalue weighted by Crippen LogP contribution is 2.32. The zero-order valence-electron chi connectivity index (χ0n) is 22.5. The molecule has 2 aromatic carbocycles. The lowest BCUT2D eigenvalue weighted by atomic mass is 9.86. The second-order valence-electron chi connectivity index (χ2n) is 11.6. The fourth-order valence-corrected chi connectivity index (χ4v) is 4.58. The van der Waals surface area contributed by atoms with E-state index in [-0.39, 0.29) is 17.6 Å². The Balaban J connectivity index is 1.84. The van der Waals surface area contributed by atoms with Crippen LogP contribution in [-0.4, -0.2) is 26.6 Å². The van der Waals surface area contributed by atoms with Gasteiger partial charge in [0.05, 0.1) is 27.8 Å². The van der Waals surface area contributed by atoms with Gasteiger partial charge < -0.3 is 9.94 Å². The summed E-state index contributed by atoms with van der Waals surface area (Å²) in [4.78, 5) is 37.0. The number of hydrogen-bond acceptors (Lipinski definition) is 4. The molecule has 0 spiro atoms.